The second-order valence-corrected chi connectivity index (χ2v) is 3.32. The molecular weight excluding hydrogens is 204 g/mol. The van der Waals surface area contributed by atoms with Gasteiger partial charge < -0.3 is 9.90 Å². The fourth-order valence-corrected chi connectivity index (χ4v) is 1.20. The van der Waals surface area contributed by atoms with Gasteiger partial charge in [0.05, 0.1) is 0 Å². The first-order valence-electron chi connectivity index (χ1n) is 4.89. The van der Waals surface area contributed by atoms with Gasteiger partial charge in [0.25, 0.3) is 0 Å². The molecule has 0 spiro atoms. The molecule has 0 amide bonds. The molecule has 0 radical (unpaired) electrons. The molecule has 2 aromatic rings. The number of rotatable bonds is 1. The fourth-order valence-electron chi connectivity index (χ4n) is 1.20. The average Bonchev–Trinajstić information content (AvgIpc) is 2.65. The summed E-state index contributed by atoms with van der Waals surface area (Å²) in [6.07, 6.45) is 4.01. The van der Waals surface area contributed by atoms with Gasteiger partial charge in [0.2, 0.25) is 6.33 Å². The summed E-state index contributed by atoms with van der Waals surface area (Å²) in [6.45, 7) is 3.01. The maximum atomic E-state index is 8.89. The Bertz CT molecular complexity index is 445. The Labute approximate surface area is 94.2 Å². The number of nitrogens with zero attached hydrogens (tertiary/aromatic N) is 1. The topological polar surface area (TPSA) is 59.8 Å². The maximum absolute atomic E-state index is 8.89. The van der Waals surface area contributed by atoms with Crippen LogP contribution in [0.2, 0.25) is 0 Å². The third-order valence-corrected chi connectivity index (χ3v) is 1.82. The Hall–Kier alpha value is -2.10. The van der Waals surface area contributed by atoms with Crippen LogP contribution in [0.1, 0.15) is 12.6 Å². The molecule has 4 nitrogen and oxygen atoms in total. The minimum Gasteiger partial charge on any atom is -0.550 e. The summed E-state index contributed by atoms with van der Waals surface area (Å²) in [6, 6.07) is 10.2. The molecule has 16 heavy (non-hydrogen) atoms. The van der Waals surface area contributed by atoms with E-state index in [1.54, 1.807) is 0 Å². The van der Waals surface area contributed by atoms with Gasteiger partial charge in [-0.05, 0) is 19.1 Å². The number of carboxylic acids is 1. The van der Waals surface area contributed by atoms with Crippen molar-refractivity contribution < 1.29 is 14.5 Å². The highest BCUT2D eigenvalue weighted by Gasteiger charge is 2.01. The number of carboxylic acid groups (broad SMARTS) is 1. The van der Waals surface area contributed by atoms with Crippen molar-refractivity contribution >= 4 is 5.97 Å². The first-order valence-corrected chi connectivity index (χ1v) is 4.89. The van der Waals surface area contributed by atoms with E-state index in [0.29, 0.717) is 0 Å². The maximum Gasteiger partial charge on any atom is 0.246 e. The third kappa shape index (κ3) is 3.96. The number of H-pyrrole nitrogens is 1. The van der Waals surface area contributed by atoms with E-state index in [0.717, 1.165) is 6.92 Å². The Morgan fingerprint density at radius 1 is 1.31 bits per heavy atom. The Kier molecular flexibility index (Phi) is 4.27. The molecule has 0 atom stereocenters. The lowest BCUT2D eigenvalue weighted by atomic mass is 10.3. The third-order valence-electron chi connectivity index (χ3n) is 1.82. The van der Waals surface area contributed by atoms with Gasteiger partial charge in [-0.1, -0.05) is 18.2 Å². The molecule has 0 aliphatic carbocycles. The van der Waals surface area contributed by atoms with E-state index >= 15 is 0 Å². The lowest BCUT2D eigenvalue weighted by Crippen LogP contribution is -2.26. The van der Waals surface area contributed by atoms with Crippen molar-refractivity contribution in [1.82, 2.24) is 4.98 Å². The van der Waals surface area contributed by atoms with Crippen LogP contribution in [0.4, 0.5) is 0 Å². The van der Waals surface area contributed by atoms with Crippen LogP contribution in [-0.4, -0.2) is 11.0 Å². The highest BCUT2D eigenvalue weighted by molar-refractivity contribution is 5.60. The number of aryl methyl sites for hydroxylation is 1. The van der Waals surface area contributed by atoms with Crippen molar-refractivity contribution in [2.45, 2.75) is 13.8 Å². The van der Waals surface area contributed by atoms with Crippen LogP contribution in [-0.2, 0) is 4.79 Å². The zero-order valence-corrected chi connectivity index (χ0v) is 9.31. The van der Waals surface area contributed by atoms with E-state index in [2.05, 4.69) is 27.9 Å². The first-order chi connectivity index (χ1) is 7.59. The second-order valence-electron chi connectivity index (χ2n) is 3.32. The summed E-state index contributed by atoms with van der Waals surface area (Å²) >= 11 is 0. The largest absolute Gasteiger partial charge is 0.550 e. The lowest BCUT2D eigenvalue weighted by molar-refractivity contribution is -0.594. The van der Waals surface area contributed by atoms with Crippen LogP contribution in [0.15, 0.2) is 42.9 Å². The van der Waals surface area contributed by atoms with Crippen LogP contribution in [0.3, 0.4) is 0 Å². The smallest absolute Gasteiger partial charge is 0.246 e. The summed E-state index contributed by atoms with van der Waals surface area (Å²) < 4.78 is 2.06. The normalized spacial score (nSPS) is 9.12. The van der Waals surface area contributed by atoms with Gasteiger partial charge in [-0.2, -0.15) is 0 Å². The molecule has 0 aliphatic heterocycles. The molecule has 1 aromatic carbocycles. The second kappa shape index (κ2) is 5.70. The van der Waals surface area contributed by atoms with Gasteiger partial charge in [0.15, 0.2) is 0 Å². The molecule has 0 saturated heterocycles. The van der Waals surface area contributed by atoms with Crippen LogP contribution in [0.5, 0.6) is 0 Å². The number of carbonyl (C=O) groups is 1. The van der Waals surface area contributed by atoms with E-state index in [9.17, 15) is 0 Å². The number of benzene rings is 1. The van der Waals surface area contributed by atoms with Crippen LogP contribution in [0.25, 0.3) is 5.69 Å². The molecule has 0 aliphatic rings. The number of hydrogen-bond acceptors (Lipinski definition) is 2. The predicted octanol–water partition coefficient (Wildman–Crippen LogP) is 0.356. The zero-order chi connectivity index (χ0) is 12.0. The first kappa shape index (κ1) is 12.0. The average molecular weight is 218 g/mol. The van der Waals surface area contributed by atoms with Gasteiger partial charge in [0.1, 0.15) is 17.6 Å². The molecule has 4 heteroatoms. The van der Waals surface area contributed by atoms with Crippen molar-refractivity contribution in [2.75, 3.05) is 0 Å². The number of imidazole rings is 1. The molecule has 0 bridgehead atoms. The number of para-hydroxylation sites is 1. The molecule has 0 saturated carbocycles. The van der Waals surface area contributed by atoms with Gasteiger partial charge >= 0.3 is 0 Å². The van der Waals surface area contributed by atoms with Gasteiger partial charge in [-0.25, -0.2) is 9.55 Å². The summed E-state index contributed by atoms with van der Waals surface area (Å²) in [7, 11) is 0. The number of nitrogens with one attached hydrogen (secondary N) is 1. The number of carbonyl (C=O) groups excluding carboxylic acids is 1. The standard InChI is InChI=1S/C10H10N2.C2H4O2/c1-9-7-12(8-11-9)10-5-3-2-4-6-10;1-2(3)4/h2-8H,1H3;1H3,(H,3,4). The predicted molar refractivity (Wildman–Crippen MR) is 57.7 cm³/mol. The number of aromatic amines is 1. The zero-order valence-electron chi connectivity index (χ0n) is 9.31. The van der Waals surface area contributed by atoms with E-state index in [-0.39, 0.29) is 0 Å². The van der Waals surface area contributed by atoms with E-state index in [1.165, 1.54) is 11.4 Å². The van der Waals surface area contributed by atoms with Crippen LogP contribution < -0.4 is 9.67 Å². The van der Waals surface area contributed by atoms with Crippen LogP contribution in [0, 0.1) is 6.92 Å². The monoisotopic (exact) mass is 218 g/mol. The van der Waals surface area contributed by atoms with Gasteiger partial charge in [-0.15, -0.1) is 0 Å². The minimum absolute atomic E-state index is 0.972. The summed E-state index contributed by atoms with van der Waals surface area (Å²) in [5.41, 5.74) is 2.35. The minimum atomic E-state index is -1.08. The summed E-state index contributed by atoms with van der Waals surface area (Å²) in [5, 5.41) is 8.89. The summed E-state index contributed by atoms with van der Waals surface area (Å²) in [4.78, 5) is 12.0. The van der Waals surface area contributed by atoms with Crippen molar-refractivity contribution in [3.05, 3.63) is 48.5 Å². The fraction of sp³-hybridized carbons (Fsp3) is 0.167. The summed E-state index contributed by atoms with van der Waals surface area (Å²) in [5.74, 6) is -1.08. The molecule has 0 unspecified atom stereocenters. The molecule has 2 rings (SSSR count). The van der Waals surface area contributed by atoms with E-state index in [4.69, 9.17) is 9.90 Å². The van der Waals surface area contributed by atoms with E-state index < -0.39 is 5.97 Å². The van der Waals surface area contributed by atoms with Crippen LogP contribution >= 0.6 is 0 Å². The lowest BCUT2D eigenvalue weighted by Gasteiger charge is -1.91. The quantitative estimate of drug-likeness (QED) is 0.702. The molecule has 1 N–H and O–H groups in total. The number of aromatic nitrogens is 2. The van der Waals surface area contributed by atoms with Gasteiger partial charge in [0, 0.05) is 12.9 Å². The Morgan fingerprint density at radius 2 is 1.88 bits per heavy atom. The molecule has 84 valence electrons. The van der Waals surface area contributed by atoms with Crippen molar-refractivity contribution in [3.63, 3.8) is 0 Å². The van der Waals surface area contributed by atoms with Crippen molar-refractivity contribution in [2.24, 2.45) is 0 Å². The molecule has 0 fully saturated rings. The Morgan fingerprint density at radius 3 is 2.31 bits per heavy atom. The van der Waals surface area contributed by atoms with Crippen molar-refractivity contribution in [3.8, 4) is 5.69 Å². The highest BCUT2D eigenvalue weighted by Crippen LogP contribution is 1.97. The van der Waals surface area contributed by atoms with Gasteiger partial charge in [-0.3, -0.25) is 0 Å². The van der Waals surface area contributed by atoms with E-state index in [1.807, 2.05) is 31.5 Å². The SMILES string of the molecule is CC(=O)[O-].Cc1c[n+](-c2ccccc2)c[nH]1. The molecule has 1 heterocycles. The Balaban J connectivity index is 0.000000280. The number of aliphatic carboxylic acids is 1. The highest BCUT2D eigenvalue weighted by atomic mass is 16.4. The molecule has 1 aromatic heterocycles. The van der Waals surface area contributed by atoms with Crippen molar-refractivity contribution in [1.29, 1.82) is 0 Å². The molecular formula is C12H14N2O2. The number of hydrogen-bond donors (Lipinski definition) is 1.